The van der Waals surface area contributed by atoms with Gasteiger partial charge in [0.1, 0.15) is 0 Å². The van der Waals surface area contributed by atoms with Crippen LogP contribution in [0, 0.1) is 0 Å². The summed E-state index contributed by atoms with van der Waals surface area (Å²) in [5.74, 6) is -0.0365. The van der Waals surface area contributed by atoms with Gasteiger partial charge in [-0.25, -0.2) is 0 Å². The van der Waals surface area contributed by atoms with Gasteiger partial charge in [-0.1, -0.05) is 56.2 Å². The highest BCUT2D eigenvalue weighted by Crippen LogP contribution is 2.31. The molecule has 0 unspecified atom stereocenters. The van der Waals surface area contributed by atoms with Crippen LogP contribution in [0.5, 0.6) is 0 Å². The molecule has 2 aromatic carbocycles. The first-order valence-electron chi connectivity index (χ1n) is 7.95. The number of nitrogen functional groups attached to an aromatic ring is 1. The van der Waals surface area contributed by atoms with E-state index in [1.165, 1.54) is 23.6 Å². The van der Waals surface area contributed by atoms with E-state index in [0.29, 0.717) is 0 Å². The number of carbonyl (C=O) groups is 1. The van der Waals surface area contributed by atoms with Crippen molar-refractivity contribution < 1.29 is 4.79 Å². The molecule has 0 radical (unpaired) electrons. The van der Waals surface area contributed by atoms with Crippen molar-refractivity contribution in [3.63, 3.8) is 0 Å². The maximum atomic E-state index is 11.0. The molecule has 0 bridgehead atoms. The Balaban J connectivity index is 0.000000150. The highest BCUT2D eigenvalue weighted by molar-refractivity contribution is 9.10. The van der Waals surface area contributed by atoms with Crippen LogP contribution in [0.1, 0.15) is 29.2 Å². The van der Waals surface area contributed by atoms with E-state index in [2.05, 4.69) is 67.5 Å². The van der Waals surface area contributed by atoms with Crippen LogP contribution in [-0.4, -0.2) is 5.91 Å². The Labute approximate surface area is 164 Å². The lowest BCUT2D eigenvalue weighted by molar-refractivity contribution is -0.114. The molecule has 2 aliphatic rings. The van der Waals surface area contributed by atoms with E-state index >= 15 is 0 Å². The molecule has 0 heterocycles. The van der Waals surface area contributed by atoms with Gasteiger partial charge in [-0.3, -0.25) is 4.79 Å². The van der Waals surface area contributed by atoms with Crippen LogP contribution in [-0.2, 0) is 17.6 Å². The molecule has 2 aliphatic carbocycles. The van der Waals surface area contributed by atoms with E-state index in [4.69, 9.17) is 5.73 Å². The second kappa shape index (κ2) is 7.58. The van der Waals surface area contributed by atoms with Gasteiger partial charge in [-0.05, 0) is 48.2 Å². The van der Waals surface area contributed by atoms with Gasteiger partial charge in [-0.15, -0.1) is 0 Å². The highest BCUT2D eigenvalue weighted by Gasteiger charge is 2.12. The number of carbonyl (C=O) groups excluding carboxylic acids is 1. The Morgan fingerprint density at radius 2 is 1.52 bits per heavy atom. The quantitative estimate of drug-likeness (QED) is 0.544. The fourth-order valence-electron chi connectivity index (χ4n) is 3.01. The lowest BCUT2D eigenvalue weighted by atomic mass is 10.1. The molecule has 2 aromatic rings. The Morgan fingerprint density at radius 1 is 0.960 bits per heavy atom. The van der Waals surface area contributed by atoms with Crippen LogP contribution in [0.2, 0.25) is 0 Å². The second-order valence-electron chi connectivity index (χ2n) is 5.99. The van der Waals surface area contributed by atoms with Gasteiger partial charge >= 0.3 is 0 Å². The molecule has 3 nitrogen and oxygen atoms in total. The van der Waals surface area contributed by atoms with Crippen molar-refractivity contribution in [3.8, 4) is 0 Å². The van der Waals surface area contributed by atoms with Crippen LogP contribution >= 0.6 is 31.9 Å². The summed E-state index contributed by atoms with van der Waals surface area (Å²) in [5.41, 5.74) is 12.4. The Kier molecular flexibility index (Phi) is 5.45. The fraction of sp³-hybridized carbons (Fsp3) is 0.150. The van der Waals surface area contributed by atoms with E-state index in [-0.39, 0.29) is 5.91 Å². The third-order valence-corrected chi connectivity index (χ3v) is 4.96. The molecule has 25 heavy (non-hydrogen) atoms. The van der Waals surface area contributed by atoms with Crippen LogP contribution in [0.15, 0.2) is 45.4 Å². The summed E-state index contributed by atoms with van der Waals surface area (Å²) >= 11 is 6.83. The normalized spacial score (nSPS) is 13.1. The summed E-state index contributed by atoms with van der Waals surface area (Å²) in [7, 11) is 0. The third-order valence-electron chi connectivity index (χ3n) is 4.05. The number of fused-ring (bicyclic) bond motifs is 2. The number of amides is 1. The van der Waals surface area contributed by atoms with Crippen LogP contribution in [0.3, 0.4) is 0 Å². The SMILES string of the molecule is CC(=O)Nc1cc(Br)cc2c1C=CC2.Nc1cc(Br)cc2c1C=CC2. The lowest BCUT2D eigenvalue weighted by Crippen LogP contribution is -2.07. The second-order valence-corrected chi connectivity index (χ2v) is 7.82. The average molecular weight is 462 g/mol. The first-order chi connectivity index (χ1) is 11.9. The van der Waals surface area contributed by atoms with Crippen LogP contribution in [0.4, 0.5) is 11.4 Å². The van der Waals surface area contributed by atoms with Crippen LogP contribution < -0.4 is 11.1 Å². The largest absolute Gasteiger partial charge is 0.398 e. The van der Waals surface area contributed by atoms with Crippen molar-refractivity contribution in [2.75, 3.05) is 11.1 Å². The Bertz CT molecular complexity index is 901. The summed E-state index contributed by atoms with van der Waals surface area (Å²) in [5, 5.41) is 2.83. The molecular formula is C20H18Br2N2O. The minimum absolute atomic E-state index is 0.0365. The number of nitrogens with two attached hydrogens (primary N) is 1. The molecule has 0 atom stereocenters. The minimum atomic E-state index is -0.0365. The topological polar surface area (TPSA) is 55.1 Å². The van der Waals surface area contributed by atoms with E-state index in [1.807, 2.05) is 18.2 Å². The Morgan fingerprint density at radius 3 is 2.16 bits per heavy atom. The van der Waals surface area contributed by atoms with Crippen molar-refractivity contribution in [2.24, 2.45) is 0 Å². The van der Waals surface area contributed by atoms with E-state index in [0.717, 1.165) is 38.7 Å². The maximum absolute atomic E-state index is 11.0. The summed E-state index contributed by atoms with van der Waals surface area (Å²) in [4.78, 5) is 11.0. The smallest absolute Gasteiger partial charge is 0.221 e. The molecular weight excluding hydrogens is 444 g/mol. The number of rotatable bonds is 1. The summed E-state index contributed by atoms with van der Waals surface area (Å²) in [6.45, 7) is 1.52. The summed E-state index contributed by atoms with van der Waals surface area (Å²) < 4.78 is 2.07. The lowest BCUT2D eigenvalue weighted by Gasteiger charge is -2.08. The zero-order valence-electron chi connectivity index (χ0n) is 13.8. The van der Waals surface area contributed by atoms with Gasteiger partial charge in [0.2, 0.25) is 5.91 Å². The van der Waals surface area contributed by atoms with Gasteiger partial charge in [-0.2, -0.15) is 0 Å². The first-order valence-corrected chi connectivity index (χ1v) is 9.53. The molecule has 0 aromatic heterocycles. The van der Waals surface area contributed by atoms with E-state index < -0.39 is 0 Å². The standard InChI is InChI=1S/C11H10BrNO.C9H8BrN/c1-7(14)13-11-6-9(12)5-8-3-2-4-10(8)11;10-7-4-6-2-1-3-8(6)9(11)5-7/h2,4-6H,3H2,1H3,(H,13,14);1,3-5H,2,11H2. The van der Waals surface area contributed by atoms with Gasteiger partial charge < -0.3 is 11.1 Å². The van der Waals surface area contributed by atoms with E-state index in [9.17, 15) is 4.79 Å². The van der Waals surface area contributed by atoms with Crippen molar-refractivity contribution in [1.82, 2.24) is 0 Å². The molecule has 0 spiro atoms. The minimum Gasteiger partial charge on any atom is -0.398 e. The molecule has 0 fully saturated rings. The molecule has 128 valence electrons. The van der Waals surface area contributed by atoms with Crippen molar-refractivity contribution in [3.05, 3.63) is 67.6 Å². The third kappa shape index (κ3) is 4.22. The fourth-order valence-corrected chi connectivity index (χ4v) is 4.04. The number of benzene rings is 2. The van der Waals surface area contributed by atoms with Crippen LogP contribution in [0.25, 0.3) is 12.2 Å². The number of halogens is 2. The molecule has 0 aliphatic heterocycles. The number of hydrogen-bond acceptors (Lipinski definition) is 2. The number of nitrogens with one attached hydrogen (secondary N) is 1. The van der Waals surface area contributed by atoms with Crippen molar-refractivity contribution in [1.29, 1.82) is 0 Å². The zero-order chi connectivity index (χ0) is 18.0. The average Bonchev–Trinajstić information content (AvgIpc) is 3.15. The number of allylic oxidation sites excluding steroid dienone is 2. The summed E-state index contributed by atoms with van der Waals surface area (Å²) in [6, 6.07) is 8.07. The highest BCUT2D eigenvalue weighted by atomic mass is 79.9. The zero-order valence-corrected chi connectivity index (χ0v) is 16.9. The number of anilines is 2. The predicted molar refractivity (Wildman–Crippen MR) is 112 cm³/mol. The predicted octanol–water partition coefficient (Wildman–Crippen LogP) is 5.58. The number of hydrogen-bond donors (Lipinski definition) is 2. The molecule has 3 N–H and O–H groups in total. The molecule has 0 saturated heterocycles. The molecule has 0 saturated carbocycles. The monoisotopic (exact) mass is 460 g/mol. The van der Waals surface area contributed by atoms with Crippen molar-refractivity contribution in [2.45, 2.75) is 19.8 Å². The first kappa shape index (κ1) is 18.0. The van der Waals surface area contributed by atoms with Gasteiger partial charge in [0.15, 0.2) is 0 Å². The molecule has 4 rings (SSSR count). The van der Waals surface area contributed by atoms with Crippen molar-refractivity contribution >= 4 is 61.3 Å². The van der Waals surface area contributed by atoms with Gasteiger partial charge in [0.25, 0.3) is 0 Å². The molecule has 1 amide bonds. The van der Waals surface area contributed by atoms with E-state index in [1.54, 1.807) is 0 Å². The van der Waals surface area contributed by atoms with Gasteiger partial charge in [0, 0.05) is 38.4 Å². The maximum Gasteiger partial charge on any atom is 0.221 e. The molecule has 5 heteroatoms. The Hall–Kier alpha value is -1.85. The van der Waals surface area contributed by atoms with Gasteiger partial charge in [0.05, 0.1) is 0 Å². The summed E-state index contributed by atoms with van der Waals surface area (Å²) in [6.07, 6.45) is 10.3.